The first-order valence-electron chi connectivity index (χ1n) is 9.07. The fourth-order valence-electron chi connectivity index (χ4n) is 2.30. The number of alkyl carbamates (subject to hydrolysis) is 1. The Morgan fingerprint density at radius 3 is 2.71 bits per heavy atom. The lowest BCUT2D eigenvalue weighted by Gasteiger charge is -2.06. The van der Waals surface area contributed by atoms with Crippen LogP contribution in [-0.4, -0.2) is 12.6 Å². The Balaban J connectivity index is 2.06. The van der Waals surface area contributed by atoms with E-state index in [2.05, 4.69) is 31.0 Å². The molecule has 0 aromatic heterocycles. The Morgan fingerprint density at radius 2 is 1.96 bits per heavy atom. The normalized spacial score (nSPS) is 9.92. The monoisotopic (exact) mass is 329 g/mol. The van der Waals surface area contributed by atoms with E-state index in [4.69, 9.17) is 4.74 Å². The molecule has 3 nitrogen and oxygen atoms in total. The van der Waals surface area contributed by atoms with Crippen LogP contribution < -0.4 is 5.32 Å². The first-order chi connectivity index (χ1) is 11.7. The summed E-state index contributed by atoms with van der Waals surface area (Å²) in [5.74, 6) is 0. The van der Waals surface area contributed by atoms with Gasteiger partial charge in [-0.1, -0.05) is 56.5 Å². The average molecular weight is 329 g/mol. The second kappa shape index (κ2) is 13.4. The van der Waals surface area contributed by atoms with Crippen LogP contribution in [0.15, 0.2) is 47.7 Å². The summed E-state index contributed by atoms with van der Waals surface area (Å²) in [6.07, 6.45) is 9.85. The zero-order valence-electron chi connectivity index (χ0n) is 15.1. The third-order valence-electron chi connectivity index (χ3n) is 3.76. The summed E-state index contributed by atoms with van der Waals surface area (Å²) < 4.78 is 5.16. The van der Waals surface area contributed by atoms with Crippen molar-refractivity contribution in [3.63, 3.8) is 0 Å². The molecule has 0 spiro atoms. The zero-order valence-corrected chi connectivity index (χ0v) is 15.1. The lowest BCUT2D eigenvalue weighted by Crippen LogP contribution is -2.25. The minimum absolute atomic E-state index is 0.312. The molecule has 0 unspecified atom stereocenters. The molecule has 0 atom stereocenters. The van der Waals surface area contributed by atoms with E-state index in [1.807, 2.05) is 30.3 Å². The Hall–Kier alpha value is -1.99. The summed E-state index contributed by atoms with van der Waals surface area (Å²) in [6, 6.07) is 9.69. The topological polar surface area (TPSA) is 38.3 Å². The second-order valence-electron chi connectivity index (χ2n) is 6.07. The van der Waals surface area contributed by atoms with E-state index in [0.29, 0.717) is 13.2 Å². The largest absolute Gasteiger partial charge is 0.445 e. The SMILES string of the molecule is CCCCCCC(C)=C=CCCCNC(=O)OCc1ccccc1. The van der Waals surface area contributed by atoms with Gasteiger partial charge in [0.25, 0.3) is 0 Å². The number of carbonyl (C=O) groups excluding carboxylic acids is 1. The fourth-order valence-corrected chi connectivity index (χ4v) is 2.30. The molecule has 0 aliphatic heterocycles. The third-order valence-corrected chi connectivity index (χ3v) is 3.76. The van der Waals surface area contributed by atoms with E-state index in [1.54, 1.807) is 0 Å². The Bertz CT molecular complexity index is 516. The predicted molar refractivity (Wildman–Crippen MR) is 99.9 cm³/mol. The van der Waals surface area contributed by atoms with Crippen molar-refractivity contribution >= 4 is 6.09 Å². The minimum atomic E-state index is -0.356. The maximum atomic E-state index is 11.6. The molecular weight excluding hydrogens is 298 g/mol. The number of ether oxygens (including phenoxy) is 1. The van der Waals surface area contributed by atoms with Crippen molar-refractivity contribution in [2.45, 2.75) is 65.4 Å². The van der Waals surface area contributed by atoms with Gasteiger partial charge in [0.15, 0.2) is 0 Å². The molecule has 132 valence electrons. The first-order valence-corrected chi connectivity index (χ1v) is 9.07. The van der Waals surface area contributed by atoms with Crippen molar-refractivity contribution in [1.82, 2.24) is 5.32 Å². The highest BCUT2D eigenvalue weighted by Gasteiger charge is 2.00. The zero-order chi connectivity index (χ0) is 17.5. The number of hydrogen-bond acceptors (Lipinski definition) is 2. The van der Waals surface area contributed by atoms with Crippen LogP contribution in [-0.2, 0) is 11.3 Å². The highest BCUT2D eigenvalue weighted by atomic mass is 16.5. The van der Waals surface area contributed by atoms with E-state index in [9.17, 15) is 4.79 Å². The van der Waals surface area contributed by atoms with Crippen LogP contribution in [0.5, 0.6) is 0 Å². The molecule has 0 saturated carbocycles. The number of amides is 1. The van der Waals surface area contributed by atoms with E-state index in [-0.39, 0.29) is 6.09 Å². The highest BCUT2D eigenvalue weighted by molar-refractivity contribution is 5.67. The summed E-state index contributed by atoms with van der Waals surface area (Å²) in [5, 5.41) is 2.77. The summed E-state index contributed by atoms with van der Waals surface area (Å²) in [7, 11) is 0. The van der Waals surface area contributed by atoms with Gasteiger partial charge in [-0.3, -0.25) is 0 Å². The number of rotatable bonds is 11. The maximum Gasteiger partial charge on any atom is 0.407 e. The number of benzene rings is 1. The van der Waals surface area contributed by atoms with Crippen LogP contribution in [0.25, 0.3) is 0 Å². The van der Waals surface area contributed by atoms with Crippen molar-refractivity contribution in [1.29, 1.82) is 0 Å². The number of unbranched alkanes of at least 4 members (excludes halogenated alkanes) is 4. The second-order valence-corrected chi connectivity index (χ2v) is 6.07. The molecule has 0 aliphatic carbocycles. The number of carbonyl (C=O) groups is 1. The van der Waals surface area contributed by atoms with Crippen LogP contribution in [0.4, 0.5) is 4.79 Å². The molecule has 1 aromatic rings. The molecule has 0 aliphatic rings. The van der Waals surface area contributed by atoms with Crippen molar-refractivity contribution in [2.75, 3.05) is 6.54 Å². The standard InChI is InChI=1S/C21H31NO2/c1-3-4-5-8-13-19(2)14-9-7-12-17-22-21(23)24-18-20-15-10-6-11-16-20/h6,9-11,15-16H,3-5,7-8,12-13,17-18H2,1-2H3,(H,22,23). The van der Waals surface area contributed by atoms with Crippen LogP contribution in [0.2, 0.25) is 0 Å². The minimum Gasteiger partial charge on any atom is -0.445 e. The van der Waals surface area contributed by atoms with Crippen LogP contribution in [0.1, 0.15) is 64.4 Å². The third kappa shape index (κ3) is 10.7. The lowest BCUT2D eigenvalue weighted by molar-refractivity contribution is 0.139. The van der Waals surface area contributed by atoms with Gasteiger partial charge < -0.3 is 10.1 Å². The van der Waals surface area contributed by atoms with E-state index in [0.717, 1.165) is 24.8 Å². The van der Waals surface area contributed by atoms with Crippen LogP contribution in [0.3, 0.4) is 0 Å². The molecular formula is C21H31NO2. The lowest BCUT2D eigenvalue weighted by atomic mass is 10.1. The Labute approximate surface area is 146 Å². The van der Waals surface area contributed by atoms with Gasteiger partial charge >= 0.3 is 6.09 Å². The molecule has 24 heavy (non-hydrogen) atoms. The smallest absolute Gasteiger partial charge is 0.407 e. The summed E-state index contributed by atoms with van der Waals surface area (Å²) in [5.41, 5.74) is 5.66. The summed E-state index contributed by atoms with van der Waals surface area (Å²) in [4.78, 5) is 11.6. The maximum absolute atomic E-state index is 11.6. The molecule has 1 aromatic carbocycles. The molecule has 1 rings (SSSR count). The molecule has 0 saturated heterocycles. The van der Waals surface area contributed by atoms with Gasteiger partial charge in [-0.05, 0) is 49.8 Å². The molecule has 0 heterocycles. The van der Waals surface area contributed by atoms with Crippen molar-refractivity contribution in [3.05, 3.63) is 53.3 Å². The molecule has 0 radical (unpaired) electrons. The predicted octanol–water partition coefficient (Wildman–Crippen LogP) is 5.76. The van der Waals surface area contributed by atoms with Gasteiger partial charge in [0.1, 0.15) is 6.61 Å². The molecule has 0 bridgehead atoms. The summed E-state index contributed by atoms with van der Waals surface area (Å²) >= 11 is 0. The first kappa shape index (κ1) is 20.1. The van der Waals surface area contributed by atoms with Gasteiger partial charge in [0.05, 0.1) is 0 Å². The number of allylic oxidation sites excluding steroid dienone is 1. The van der Waals surface area contributed by atoms with Gasteiger partial charge in [-0.2, -0.15) is 0 Å². The summed E-state index contributed by atoms with van der Waals surface area (Å²) in [6.45, 7) is 5.31. The molecule has 1 N–H and O–H groups in total. The molecule has 0 fully saturated rings. The highest BCUT2D eigenvalue weighted by Crippen LogP contribution is 2.08. The fraction of sp³-hybridized carbons (Fsp3) is 0.524. The van der Waals surface area contributed by atoms with E-state index >= 15 is 0 Å². The molecule has 3 heteroatoms. The quantitative estimate of drug-likeness (QED) is 0.414. The Morgan fingerprint density at radius 1 is 1.17 bits per heavy atom. The van der Waals surface area contributed by atoms with Gasteiger partial charge in [0.2, 0.25) is 0 Å². The average Bonchev–Trinajstić information content (AvgIpc) is 2.61. The van der Waals surface area contributed by atoms with E-state index in [1.165, 1.54) is 31.3 Å². The van der Waals surface area contributed by atoms with Crippen molar-refractivity contribution in [2.24, 2.45) is 0 Å². The van der Waals surface area contributed by atoms with Gasteiger partial charge in [-0.25, -0.2) is 4.79 Å². The van der Waals surface area contributed by atoms with Gasteiger partial charge in [0, 0.05) is 6.54 Å². The molecule has 1 amide bonds. The van der Waals surface area contributed by atoms with E-state index < -0.39 is 0 Å². The van der Waals surface area contributed by atoms with Gasteiger partial charge in [-0.15, -0.1) is 5.73 Å². The van der Waals surface area contributed by atoms with Crippen molar-refractivity contribution < 1.29 is 9.53 Å². The Kier molecular flexibility index (Phi) is 11.2. The number of hydrogen-bond donors (Lipinski definition) is 1. The van der Waals surface area contributed by atoms with Crippen LogP contribution in [0, 0.1) is 0 Å². The number of nitrogens with one attached hydrogen (secondary N) is 1. The van der Waals surface area contributed by atoms with Crippen molar-refractivity contribution in [3.8, 4) is 0 Å². The van der Waals surface area contributed by atoms with Crippen LogP contribution >= 0.6 is 0 Å².